The third-order valence-electron chi connectivity index (χ3n) is 5.84. The van der Waals surface area contributed by atoms with E-state index in [0.717, 1.165) is 24.8 Å². The molecule has 1 amide bonds. The first-order valence-corrected chi connectivity index (χ1v) is 11.8. The van der Waals surface area contributed by atoms with E-state index in [4.69, 9.17) is 0 Å². The van der Waals surface area contributed by atoms with Crippen LogP contribution in [0.2, 0.25) is 18.1 Å². The van der Waals surface area contributed by atoms with Gasteiger partial charge in [0.2, 0.25) is 5.91 Å². The fourth-order valence-electron chi connectivity index (χ4n) is 3.38. The molecule has 0 spiro atoms. The fourth-order valence-corrected chi connectivity index (χ4v) is 5.85. The second kappa shape index (κ2) is 6.75. The monoisotopic (exact) mass is 345 g/mol. The van der Waals surface area contributed by atoms with Crippen LogP contribution in [0.4, 0.5) is 0 Å². The number of nitrogens with zero attached hydrogens (tertiary/aromatic N) is 1. The molecule has 1 fully saturated rings. The largest absolute Gasteiger partial charge is 0.508 e. The number of phenolic OH excluding ortho intramolecular Hbond substituents is 1. The van der Waals surface area contributed by atoms with Crippen LogP contribution < -0.4 is 0 Å². The van der Waals surface area contributed by atoms with E-state index in [9.17, 15) is 9.90 Å². The summed E-state index contributed by atoms with van der Waals surface area (Å²) >= 11 is 0. The molecular weight excluding hydrogens is 314 g/mol. The van der Waals surface area contributed by atoms with E-state index >= 15 is 0 Å². The topological polar surface area (TPSA) is 40.5 Å². The van der Waals surface area contributed by atoms with Crippen molar-refractivity contribution in [3.8, 4) is 5.75 Å². The van der Waals surface area contributed by atoms with E-state index in [1.807, 2.05) is 18.2 Å². The average molecular weight is 346 g/mol. The van der Waals surface area contributed by atoms with Gasteiger partial charge in [-0.05, 0) is 42.0 Å². The van der Waals surface area contributed by atoms with Crippen LogP contribution >= 0.6 is 0 Å². The van der Waals surface area contributed by atoms with Crippen LogP contribution in [-0.2, 0) is 11.2 Å². The van der Waals surface area contributed by atoms with Gasteiger partial charge >= 0.3 is 0 Å². The highest BCUT2D eigenvalue weighted by atomic mass is 28.3. The van der Waals surface area contributed by atoms with Crippen molar-refractivity contribution >= 4 is 14.1 Å². The van der Waals surface area contributed by atoms with Crippen molar-refractivity contribution in [1.29, 1.82) is 0 Å². The number of rotatable bonds is 6. The Kier molecular flexibility index (Phi) is 5.28. The molecule has 0 aromatic heterocycles. The molecule has 1 N–H and O–H groups in total. The second-order valence-electron chi connectivity index (χ2n) is 8.41. The van der Waals surface area contributed by atoms with E-state index < -0.39 is 8.24 Å². The van der Waals surface area contributed by atoms with Gasteiger partial charge in [0.05, 0.1) is 12.0 Å². The highest BCUT2D eigenvalue weighted by molar-refractivity contribution is 6.80. The predicted octanol–water partition coefficient (Wildman–Crippen LogP) is 4.73. The van der Waals surface area contributed by atoms with E-state index in [2.05, 4.69) is 45.0 Å². The molecule has 1 aromatic carbocycles. The minimum Gasteiger partial charge on any atom is -0.508 e. The van der Waals surface area contributed by atoms with Crippen molar-refractivity contribution in [1.82, 2.24) is 4.57 Å². The van der Waals surface area contributed by atoms with Crippen molar-refractivity contribution in [3.05, 3.63) is 42.5 Å². The highest BCUT2D eigenvalue weighted by Crippen LogP contribution is 2.46. The lowest BCUT2D eigenvalue weighted by Crippen LogP contribution is -2.72. The maximum Gasteiger partial charge on any atom is 0.220 e. The molecule has 2 rings (SSSR count). The van der Waals surface area contributed by atoms with Gasteiger partial charge in [0.15, 0.2) is 8.24 Å². The first-order chi connectivity index (χ1) is 11.1. The van der Waals surface area contributed by atoms with Gasteiger partial charge in [-0.2, -0.15) is 0 Å². The van der Waals surface area contributed by atoms with Crippen molar-refractivity contribution < 1.29 is 9.90 Å². The zero-order valence-corrected chi connectivity index (χ0v) is 16.7. The third-order valence-corrected chi connectivity index (χ3v) is 11.2. The van der Waals surface area contributed by atoms with Gasteiger partial charge in [-0.3, -0.25) is 4.79 Å². The van der Waals surface area contributed by atoms with Gasteiger partial charge < -0.3 is 9.67 Å². The summed E-state index contributed by atoms with van der Waals surface area (Å²) in [4.78, 5) is 12.8. The molecule has 132 valence electrons. The van der Waals surface area contributed by atoms with Gasteiger partial charge in [-0.1, -0.05) is 52.1 Å². The lowest BCUT2D eigenvalue weighted by Gasteiger charge is -2.58. The number of benzene rings is 1. The third kappa shape index (κ3) is 3.43. The predicted molar refractivity (Wildman–Crippen MR) is 103 cm³/mol. The van der Waals surface area contributed by atoms with Gasteiger partial charge in [0.1, 0.15) is 5.75 Å². The molecule has 1 aromatic rings. The molecule has 1 aliphatic heterocycles. The van der Waals surface area contributed by atoms with Gasteiger partial charge in [-0.15, -0.1) is 6.58 Å². The van der Waals surface area contributed by atoms with Crippen LogP contribution in [0.5, 0.6) is 5.75 Å². The molecule has 0 bridgehead atoms. The van der Waals surface area contributed by atoms with E-state index in [-0.39, 0.29) is 17.0 Å². The van der Waals surface area contributed by atoms with Crippen molar-refractivity contribution in [2.75, 3.05) is 0 Å². The summed E-state index contributed by atoms with van der Waals surface area (Å²) in [5, 5.41) is 9.68. The van der Waals surface area contributed by atoms with Crippen molar-refractivity contribution in [2.45, 2.75) is 64.2 Å². The van der Waals surface area contributed by atoms with Crippen LogP contribution in [0.15, 0.2) is 36.9 Å². The van der Waals surface area contributed by atoms with Crippen LogP contribution in [0, 0.1) is 5.92 Å². The Morgan fingerprint density at radius 2 is 2.00 bits per heavy atom. The number of aryl methyl sites for hydroxylation is 1. The van der Waals surface area contributed by atoms with E-state index in [1.54, 1.807) is 12.1 Å². The van der Waals surface area contributed by atoms with E-state index in [1.165, 1.54) is 0 Å². The average Bonchev–Trinajstić information content (AvgIpc) is 2.47. The van der Waals surface area contributed by atoms with Crippen LogP contribution in [-0.4, -0.2) is 29.9 Å². The Bertz CT molecular complexity index is 618. The summed E-state index contributed by atoms with van der Waals surface area (Å²) in [7, 11) is -1.84. The molecule has 0 aliphatic carbocycles. The zero-order valence-electron chi connectivity index (χ0n) is 15.7. The number of β-lactam (4-membered cyclic amide) rings is 1. The molecule has 1 heterocycles. The molecule has 1 aliphatic rings. The summed E-state index contributed by atoms with van der Waals surface area (Å²) in [5.41, 5.74) is 1.12. The van der Waals surface area contributed by atoms with Crippen molar-refractivity contribution in [2.24, 2.45) is 5.92 Å². The number of carbonyl (C=O) groups is 1. The summed E-state index contributed by atoms with van der Waals surface area (Å²) in [5.74, 6) is 0.691. The SMILES string of the molecule is C=CC1C(CCCc2cccc(O)c2)C(=O)N1[Si](C)(C)C(C)(C)C. The number of phenols is 1. The molecule has 2 unspecified atom stereocenters. The summed E-state index contributed by atoms with van der Waals surface area (Å²) < 4.78 is 2.15. The Morgan fingerprint density at radius 3 is 2.54 bits per heavy atom. The molecular formula is C20H31NO2Si. The Balaban J connectivity index is 1.98. The first-order valence-electron chi connectivity index (χ1n) is 8.83. The maximum absolute atomic E-state index is 12.8. The molecule has 0 radical (unpaired) electrons. The Morgan fingerprint density at radius 1 is 1.33 bits per heavy atom. The standard InChI is InChI=1S/C20H31NO2Si/c1-7-18-17(13-9-11-15-10-8-12-16(22)14-15)19(23)21(18)24(5,6)20(2,3)4/h7-8,10,12,14,17-18,22H,1,9,11,13H2,2-6H3. The zero-order chi connectivity index (χ0) is 18.1. The van der Waals surface area contributed by atoms with Crippen molar-refractivity contribution in [3.63, 3.8) is 0 Å². The first kappa shape index (κ1) is 18.8. The number of aromatic hydroxyl groups is 1. The number of carbonyl (C=O) groups excluding carboxylic acids is 1. The minimum atomic E-state index is -1.84. The Labute approximate surface area is 147 Å². The summed E-state index contributed by atoms with van der Waals surface area (Å²) in [6, 6.07) is 7.56. The number of amides is 1. The Hall–Kier alpha value is -1.55. The van der Waals surface area contributed by atoms with Gasteiger partial charge in [-0.25, -0.2) is 0 Å². The second-order valence-corrected chi connectivity index (χ2v) is 13.5. The number of hydrogen-bond donors (Lipinski definition) is 1. The van der Waals surface area contributed by atoms with Crippen LogP contribution in [0.3, 0.4) is 0 Å². The van der Waals surface area contributed by atoms with Crippen LogP contribution in [0.1, 0.15) is 39.2 Å². The maximum atomic E-state index is 12.8. The molecule has 4 heteroatoms. The molecule has 2 atom stereocenters. The summed E-state index contributed by atoms with van der Waals surface area (Å²) in [6.45, 7) is 15.3. The molecule has 3 nitrogen and oxygen atoms in total. The van der Waals surface area contributed by atoms with Gasteiger partial charge in [0.25, 0.3) is 0 Å². The van der Waals surface area contributed by atoms with E-state index in [0.29, 0.717) is 11.7 Å². The highest BCUT2D eigenvalue weighted by Gasteiger charge is 2.55. The van der Waals surface area contributed by atoms with Gasteiger partial charge in [0, 0.05) is 0 Å². The lowest BCUT2D eigenvalue weighted by molar-refractivity contribution is -0.145. The minimum absolute atomic E-state index is 0.0777. The normalized spacial score (nSPS) is 21.5. The number of hydrogen-bond acceptors (Lipinski definition) is 2. The molecule has 1 saturated heterocycles. The quantitative estimate of drug-likeness (QED) is 0.460. The summed E-state index contributed by atoms with van der Waals surface area (Å²) in [6.07, 6.45) is 4.69. The fraction of sp³-hybridized carbons (Fsp3) is 0.550. The molecule has 24 heavy (non-hydrogen) atoms. The van der Waals surface area contributed by atoms with Crippen LogP contribution in [0.25, 0.3) is 0 Å². The lowest BCUT2D eigenvalue weighted by atomic mass is 9.85. The smallest absolute Gasteiger partial charge is 0.220 e. The molecule has 0 saturated carbocycles.